The number of allylic oxidation sites excluding steroid dienone is 18. The fourth-order valence-electron chi connectivity index (χ4n) is 6.56. The van der Waals surface area contributed by atoms with Gasteiger partial charge in [-0.25, -0.2) is 0 Å². The predicted molar refractivity (Wildman–Crippen MR) is 265 cm³/mol. The van der Waals surface area contributed by atoms with Gasteiger partial charge in [0.1, 0.15) is 6.61 Å². The molecule has 0 aliphatic heterocycles. The van der Waals surface area contributed by atoms with Crippen LogP contribution in [-0.2, 0) is 19.1 Å². The van der Waals surface area contributed by atoms with Gasteiger partial charge in [-0.2, -0.15) is 0 Å². The number of aliphatic hydroxyl groups excluding tert-OH is 1. The summed E-state index contributed by atoms with van der Waals surface area (Å²) in [5.41, 5.74) is 0. The number of rotatable bonds is 44. The van der Waals surface area contributed by atoms with Gasteiger partial charge in [-0.15, -0.1) is 0 Å². The minimum atomic E-state index is -0.790. The Balaban J connectivity index is 3.63. The van der Waals surface area contributed by atoms with Gasteiger partial charge in [0, 0.05) is 12.8 Å². The van der Waals surface area contributed by atoms with Crippen LogP contribution >= 0.6 is 0 Å². The molecule has 0 aliphatic rings. The molecular formula is C56H92O5. The standard InChI is InChI=1S/C56H92O5/c1-3-5-7-9-11-13-15-17-19-21-22-23-24-25-26-27-28-29-30-31-32-33-34-35-37-39-41-43-45-47-49-51-56(59)61-54(52-57)53-60-55(58)50-48-46-44-42-40-38-36-20-18-16-14-12-10-8-6-4-2/h5,7,11,13,17,19-20,22-23,25-26,28-29,31-32,34-36,54,57H,3-4,6,8-10,12,14-16,18,21,24,27,30,33,37-53H2,1-2H3/b7-5-,13-11-,19-17-,23-22-,26-25-,29-28-,32-31-,35-34-,36-20-. The largest absolute Gasteiger partial charge is 0.462 e. The Morgan fingerprint density at radius 3 is 1.08 bits per heavy atom. The quantitative estimate of drug-likeness (QED) is 0.0376. The van der Waals surface area contributed by atoms with Crippen LogP contribution in [0.15, 0.2) is 109 Å². The van der Waals surface area contributed by atoms with Crippen molar-refractivity contribution in [2.75, 3.05) is 13.2 Å². The van der Waals surface area contributed by atoms with E-state index in [0.29, 0.717) is 12.8 Å². The van der Waals surface area contributed by atoms with E-state index in [4.69, 9.17) is 9.47 Å². The van der Waals surface area contributed by atoms with E-state index in [2.05, 4.69) is 123 Å². The first-order valence-corrected chi connectivity index (χ1v) is 24.9. The van der Waals surface area contributed by atoms with Crippen molar-refractivity contribution in [3.8, 4) is 0 Å². The van der Waals surface area contributed by atoms with Gasteiger partial charge in [-0.1, -0.05) is 207 Å². The van der Waals surface area contributed by atoms with Crippen LogP contribution in [0.25, 0.3) is 0 Å². The third-order valence-corrected chi connectivity index (χ3v) is 10.3. The maximum Gasteiger partial charge on any atom is 0.306 e. The zero-order valence-corrected chi connectivity index (χ0v) is 39.4. The number of hydrogen-bond donors (Lipinski definition) is 1. The van der Waals surface area contributed by atoms with Crippen molar-refractivity contribution in [3.05, 3.63) is 109 Å². The summed E-state index contributed by atoms with van der Waals surface area (Å²) >= 11 is 0. The van der Waals surface area contributed by atoms with Crippen LogP contribution in [0.4, 0.5) is 0 Å². The van der Waals surface area contributed by atoms with Gasteiger partial charge in [-0.05, 0) is 103 Å². The molecule has 1 unspecified atom stereocenters. The van der Waals surface area contributed by atoms with Crippen LogP contribution in [0.5, 0.6) is 0 Å². The van der Waals surface area contributed by atoms with Crippen molar-refractivity contribution in [2.45, 2.75) is 219 Å². The lowest BCUT2D eigenvalue weighted by Gasteiger charge is -2.15. The highest BCUT2D eigenvalue weighted by Crippen LogP contribution is 2.13. The molecule has 0 radical (unpaired) electrons. The third kappa shape index (κ3) is 49.1. The zero-order valence-electron chi connectivity index (χ0n) is 39.4. The molecule has 0 bridgehead atoms. The second kappa shape index (κ2) is 50.9. The topological polar surface area (TPSA) is 72.8 Å². The number of carbonyl (C=O) groups is 2. The van der Waals surface area contributed by atoms with Gasteiger partial charge in [0.05, 0.1) is 6.61 Å². The minimum Gasteiger partial charge on any atom is -0.462 e. The van der Waals surface area contributed by atoms with Gasteiger partial charge < -0.3 is 14.6 Å². The van der Waals surface area contributed by atoms with E-state index < -0.39 is 6.10 Å². The summed E-state index contributed by atoms with van der Waals surface area (Å²) in [5.74, 6) is -0.623. The van der Waals surface area contributed by atoms with Crippen LogP contribution < -0.4 is 0 Å². The average Bonchev–Trinajstić information content (AvgIpc) is 3.26. The molecule has 0 spiro atoms. The molecule has 0 heterocycles. The van der Waals surface area contributed by atoms with Crippen molar-refractivity contribution in [1.82, 2.24) is 0 Å². The monoisotopic (exact) mass is 845 g/mol. The van der Waals surface area contributed by atoms with E-state index in [1.54, 1.807) is 0 Å². The summed E-state index contributed by atoms with van der Waals surface area (Å²) in [5, 5.41) is 9.61. The highest BCUT2D eigenvalue weighted by molar-refractivity contribution is 5.70. The Morgan fingerprint density at radius 1 is 0.393 bits per heavy atom. The Kier molecular flexibility index (Phi) is 48.0. The molecule has 346 valence electrons. The SMILES string of the molecule is CC/C=C\C/C=C\C/C=C\C/C=C\C/C=C\C/C=C\C/C=C\C/C=C\CCCCCCCCC(=O)OC(CO)COC(=O)CCCCCCC/C=C\CCCCCCCCC. The summed E-state index contributed by atoms with van der Waals surface area (Å²) in [7, 11) is 0. The summed E-state index contributed by atoms with van der Waals surface area (Å²) in [4.78, 5) is 24.4. The molecule has 61 heavy (non-hydrogen) atoms. The molecule has 0 saturated heterocycles. The Labute approximate surface area is 376 Å². The molecule has 1 N–H and O–H groups in total. The van der Waals surface area contributed by atoms with Gasteiger partial charge in [-0.3, -0.25) is 9.59 Å². The van der Waals surface area contributed by atoms with Crippen LogP contribution in [0.3, 0.4) is 0 Å². The Hall–Kier alpha value is -3.44. The summed E-state index contributed by atoms with van der Waals surface area (Å²) < 4.78 is 10.6. The number of unbranched alkanes of at least 4 members (excludes halogenated alkanes) is 18. The highest BCUT2D eigenvalue weighted by atomic mass is 16.6. The van der Waals surface area contributed by atoms with Crippen LogP contribution in [-0.4, -0.2) is 36.4 Å². The van der Waals surface area contributed by atoms with Crippen LogP contribution in [0.2, 0.25) is 0 Å². The van der Waals surface area contributed by atoms with E-state index in [9.17, 15) is 14.7 Å². The molecule has 0 saturated carbocycles. The maximum absolute atomic E-state index is 12.3. The Bertz CT molecular complexity index is 1230. The highest BCUT2D eigenvalue weighted by Gasteiger charge is 2.16. The smallest absolute Gasteiger partial charge is 0.306 e. The molecule has 1 atom stereocenters. The minimum absolute atomic E-state index is 0.0820. The third-order valence-electron chi connectivity index (χ3n) is 10.3. The van der Waals surface area contributed by atoms with Crippen molar-refractivity contribution < 1.29 is 24.2 Å². The van der Waals surface area contributed by atoms with E-state index >= 15 is 0 Å². The molecule has 0 amide bonds. The van der Waals surface area contributed by atoms with E-state index in [-0.39, 0.29) is 25.2 Å². The zero-order chi connectivity index (χ0) is 44.2. The molecule has 0 aromatic heterocycles. The lowest BCUT2D eigenvalue weighted by Crippen LogP contribution is -2.28. The molecule has 0 rings (SSSR count). The van der Waals surface area contributed by atoms with Crippen molar-refractivity contribution in [3.63, 3.8) is 0 Å². The summed E-state index contributed by atoms with van der Waals surface area (Å²) in [6, 6.07) is 0. The first-order valence-electron chi connectivity index (χ1n) is 24.9. The lowest BCUT2D eigenvalue weighted by atomic mass is 10.1. The van der Waals surface area contributed by atoms with Gasteiger partial charge >= 0.3 is 11.9 Å². The summed E-state index contributed by atoms with van der Waals surface area (Å²) in [6.07, 6.45) is 73.1. The second-order valence-electron chi connectivity index (χ2n) is 16.2. The van der Waals surface area contributed by atoms with Gasteiger partial charge in [0.15, 0.2) is 6.10 Å². The first-order chi connectivity index (χ1) is 30.1. The molecule has 0 aromatic rings. The molecule has 0 aliphatic carbocycles. The fraction of sp³-hybridized carbons (Fsp3) is 0.643. The van der Waals surface area contributed by atoms with Gasteiger partial charge in [0.25, 0.3) is 0 Å². The fourth-order valence-corrected chi connectivity index (χ4v) is 6.56. The van der Waals surface area contributed by atoms with Gasteiger partial charge in [0.2, 0.25) is 0 Å². The van der Waals surface area contributed by atoms with E-state index in [1.807, 2.05) is 0 Å². The molecule has 0 aromatic carbocycles. The number of ether oxygens (including phenoxy) is 2. The molecule has 5 heteroatoms. The first kappa shape index (κ1) is 57.6. The number of carbonyl (C=O) groups excluding carboxylic acids is 2. The van der Waals surface area contributed by atoms with Crippen molar-refractivity contribution in [1.29, 1.82) is 0 Å². The maximum atomic E-state index is 12.3. The van der Waals surface area contributed by atoms with Crippen molar-refractivity contribution >= 4 is 11.9 Å². The number of esters is 2. The predicted octanol–water partition coefficient (Wildman–Crippen LogP) is 16.6. The Morgan fingerprint density at radius 2 is 0.705 bits per heavy atom. The van der Waals surface area contributed by atoms with Crippen LogP contribution in [0.1, 0.15) is 213 Å². The van der Waals surface area contributed by atoms with E-state index in [1.165, 1.54) is 83.5 Å². The molecule has 0 fully saturated rings. The normalized spacial score (nSPS) is 13.2. The molecule has 5 nitrogen and oxygen atoms in total. The van der Waals surface area contributed by atoms with Crippen LogP contribution in [0, 0.1) is 0 Å². The number of aliphatic hydroxyl groups is 1. The second-order valence-corrected chi connectivity index (χ2v) is 16.2. The van der Waals surface area contributed by atoms with Crippen molar-refractivity contribution in [2.24, 2.45) is 0 Å². The number of hydrogen-bond acceptors (Lipinski definition) is 5. The molecular weight excluding hydrogens is 753 g/mol. The van der Waals surface area contributed by atoms with E-state index in [0.717, 1.165) is 103 Å². The average molecular weight is 845 g/mol. The lowest BCUT2D eigenvalue weighted by molar-refractivity contribution is -0.161. The summed E-state index contributed by atoms with van der Waals surface area (Å²) in [6.45, 7) is 4.00.